The first-order chi connectivity index (χ1) is 16.2. The molecule has 2 aliphatic heterocycles. The van der Waals surface area contributed by atoms with Crippen LogP contribution >= 0.6 is 0 Å². The molecule has 0 bridgehead atoms. The summed E-state index contributed by atoms with van der Waals surface area (Å²) in [4.78, 5) is 29.4. The molecule has 0 unspecified atom stereocenters. The van der Waals surface area contributed by atoms with Crippen molar-refractivity contribution < 1.29 is 14.3 Å². The molecule has 168 valence electrons. The van der Waals surface area contributed by atoms with E-state index >= 15 is 0 Å². The highest BCUT2D eigenvalue weighted by molar-refractivity contribution is 5.96. The van der Waals surface area contributed by atoms with E-state index in [0.29, 0.717) is 5.56 Å². The second-order valence-electron chi connectivity index (χ2n) is 8.53. The lowest BCUT2D eigenvalue weighted by molar-refractivity contribution is -0.118. The molecule has 1 fully saturated rings. The van der Waals surface area contributed by atoms with Gasteiger partial charge in [-0.3, -0.25) is 9.69 Å². The minimum Gasteiger partial charge on any atom is -0.453 e. The van der Waals surface area contributed by atoms with Crippen molar-refractivity contribution in [3.8, 4) is 0 Å². The molecule has 0 radical (unpaired) electrons. The molecule has 1 atom stereocenters. The molecule has 0 saturated carbocycles. The first kappa shape index (κ1) is 21.2. The summed E-state index contributed by atoms with van der Waals surface area (Å²) in [5, 5.41) is 2.92. The van der Waals surface area contributed by atoms with E-state index < -0.39 is 6.10 Å². The number of ether oxygens (including phenoxy) is 1. The second-order valence-corrected chi connectivity index (χ2v) is 8.53. The van der Waals surface area contributed by atoms with Crippen molar-refractivity contribution in [3.63, 3.8) is 0 Å². The third-order valence-electron chi connectivity index (χ3n) is 6.29. The van der Waals surface area contributed by atoms with Crippen molar-refractivity contribution in [3.05, 3.63) is 95.6 Å². The minimum atomic E-state index is -0.528. The normalized spacial score (nSPS) is 18.0. The van der Waals surface area contributed by atoms with Gasteiger partial charge in [0, 0.05) is 49.7 Å². The van der Waals surface area contributed by atoms with Crippen molar-refractivity contribution in [2.45, 2.75) is 19.1 Å². The van der Waals surface area contributed by atoms with Crippen molar-refractivity contribution >= 4 is 23.3 Å². The molecule has 5 rings (SSSR count). The SMILES string of the molecule is O=C(C[C@@H]1OC(=O)c2ccccc21)Nc1ccc(N2CCN(Cc3ccccc3)CC2)cc1. The van der Waals surface area contributed by atoms with Gasteiger partial charge in [-0.05, 0) is 35.9 Å². The van der Waals surface area contributed by atoms with Gasteiger partial charge in [0.15, 0.2) is 0 Å². The molecule has 0 spiro atoms. The van der Waals surface area contributed by atoms with Crippen molar-refractivity contribution in [1.29, 1.82) is 0 Å². The van der Waals surface area contributed by atoms with E-state index in [1.54, 1.807) is 12.1 Å². The molecule has 1 amide bonds. The Morgan fingerprint density at radius 2 is 1.58 bits per heavy atom. The quantitative estimate of drug-likeness (QED) is 0.580. The molecule has 0 aliphatic carbocycles. The summed E-state index contributed by atoms with van der Waals surface area (Å²) >= 11 is 0. The number of fused-ring (bicyclic) bond motifs is 1. The van der Waals surface area contributed by atoms with E-state index in [1.165, 1.54) is 5.56 Å². The maximum absolute atomic E-state index is 12.5. The number of esters is 1. The number of cyclic esters (lactones) is 1. The van der Waals surface area contributed by atoms with Crippen LogP contribution in [0, 0.1) is 0 Å². The number of rotatable bonds is 6. The first-order valence-corrected chi connectivity index (χ1v) is 11.4. The monoisotopic (exact) mass is 441 g/mol. The van der Waals surface area contributed by atoms with E-state index in [1.807, 2.05) is 36.4 Å². The standard InChI is InChI=1S/C27H27N3O3/c31-26(18-25-23-8-4-5-9-24(23)27(32)33-25)28-21-10-12-22(13-11-21)30-16-14-29(15-17-30)19-20-6-2-1-3-7-20/h1-13,25H,14-19H2,(H,28,31)/t25-/m0/s1. The fourth-order valence-electron chi connectivity index (χ4n) is 4.51. The molecule has 1 N–H and O–H groups in total. The Kier molecular flexibility index (Phi) is 6.09. The Bertz CT molecular complexity index is 1120. The molecule has 3 aromatic carbocycles. The Labute approximate surface area is 193 Å². The molecule has 2 heterocycles. The number of anilines is 2. The molecule has 2 aliphatic rings. The Balaban J connectivity index is 1.12. The van der Waals surface area contributed by atoms with Crippen LogP contribution in [-0.2, 0) is 16.1 Å². The number of amides is 1. The van der Waals surface area contributed by atoms with Crippen LogP contribution in [0.25, 0.3) is 0 Å². The molecule has 6 nitrogen and oxygen atoms in total. The summed E-state index contributed by atoms with van der Waals surface area (Å²) < 4.78 is 5.37. The van der Waals surface area contributed by atoms with Gasteiger partial charge in [-0.2, -0.15) is 0 Å². The number of nitrogens with one attached hydrogen (secondary N) is 1. The lowest BCUT2D eigenvalue weighted by atomic mass is 10.0. The fourth-order valence-corrected chi connectivity index (χ4v) is 4.51. The highest BCUT2D eigenvalue weighted by Crippen LogP contribution is 2.33. The van der Waals surface area contributed by atoms with E-state index in [0.717, 1.165) is 49.7 Å². The van der Waals surface area contributed by atoms with Crippen molar-refractivity contribution in [2.24, 2.45) is 0 Å². The number of nitrogens with zero attached hydrogens (tertiary/aromatic N) is 2. The second kappa shape index (κ2) is 9.46. The minimum absolute atomic E-state index is 0.105. The number of carbonyl (C=O) groups is 2. The van der Waals surface area contributed by atoms with E-state index in [4.69, 9.17) is 4.74 Å². The van der Waals surface area contributed by atoms with Crippen LogP contribution in [0.1, 0.15) is 34.0 Å². The summed E-state index contributed by atoms with van der Waals surface area (Å²) in [5.41, 5.74) is 4.57. The molecule has 33 heavy (non-hydrogen) atoms. The summed E-state index contributed by atoms with van der Waals surface area (Å²) in [6.07, 6.45) is -0.423. The summed E-state index contributed by atoms with van der Waals surface area (Å²) in [6, 6.07) is 25.8. The highest BCUT2D eigenvalue weighted by Gasteiger charge is 2.32. The number of benzene rings is 3. The third-order valence-corrected chi connectivity index (χ3v) is 6.29. The van der Waals surface area contributed by atoms with Gasteiger partial charge >= 0.3 is 5.97 Å². The first-order valence-electron chi connectivity index (χ1n) is 11.4. The van der Waals surface area contributed by atoms with Gasteiger partial charge < -0.3 is 15.0 Å². The van der Waals surface area contributed by atoms with Gasteiger partial charge in [-0.25, -0.2) is 4.79 Å². The van der Waals surface area contributed by atoms with Crippen LogP contribution in [0.4, 0.5) is 11.4 Å². The zero-order chi connectivity index (χ0) is 22.6. The van der Waals surface area contributed by atoms with Crippen LogP contribution in [0.2, 0.25) is 0 Å². The lowest BCUT2D eigenvalue weighted by Crippen LogP contribution is -2.45. The smallest absolute Gasteiger partial charge is 0.339 e. The van der Waals surface area contributed by atoms with Crippen molar-refractivity contribution in [1.82, 2.24) is 4.90 Å². The van der Waals surface area contributed by atoms with Crippen LogP contribution < -0.4 is 10.2 Å². The van der Waals surface area contributed by atoms with E-state index in [9.17, 15) is 9.59 Å². The zero-order valence-electron chi connectivity index (χ0n) is 18.4. The van der Waals surface area contributed by atoms with Crippen LogP contribution in [0.3, 0.4) is 0 Å². The van der Waals surface area contributed by atoms with Gasteiger partial charge in [0.2, 0.25) is 5.91 Å². The number of piperazine rings is 1. The average Bonchev–Trinajstić information content (AvgIpc) is 3.16. The van der Waals surface area contributed by atoms with Crippen LogP contribution in [0.15, 0.2) is 78.9 Å². The van der Waals surface area contributed by atoms with Crippen LogP contribution in [0.5, 0.6) is 0 Å². The maximum Gasteiger partial charge on any atom is 0.339 e. The molecular weight excluding hydrogens is 414 g/mol. The zero-order valence-corrected chi connectivity index (χ0v) is 18.4. The van der Waals surface area contributed by atoms with Crippen molar-refractivity contribution in [2.75, 3.05) is 36.4 Å². The Hall–Kier alpha value is -3.64. The summed E-state index contributed by atoms with van der Waals surface area (Å²) in [7, 11) is 0. The largest absolute Gasteiger partial charge is 0.453 e. The molecule has 1 saturated heterocycles. The molecule has 6 heteroatoms. The Morgan fingerprint density at radius 1 is 0.879 bits per heavy atom. The summed E-state index contributed by atoms with van der Waals surface area (Å²) in [5.74, 6) is -0.539. The predicted octanol–water partition coefficient (Wildman–Crippen LogP) is 4.25. The third kappa shape index (κ3) is 4.91. The maximum atomic E-state index is 12.5. The highest BCUT2D eigenvalue weighted by atomic mass is 16.5. The number of hydrogen-bond donors (Lipinski definition) is 1. The molecule has 0 aromatic heterocycles. The fraction of sp³-hybridized carbons (Fsp3) is 0.259. The van der Waals surface area contributed by atoms with Gasteiger partial charge in [0.05, 0.1) is 12.0 Å². The van der Waals surface area contributed by atoms with Crippen LogP contribution in [-0.4, -0.2) is 43.0 Å². The number of carbonyl (C=O) groups excluding carboxylic acids is 2. The van der Waals surface area contributed by atoms with Gasteiger partial charge in [0.25, 0.3) is 0 Å². The Morgan fingerprint density at radius 3 is 2.33 bits per heavy atom. The van der Waals surface area contributed by atoms with Gasteiger partial charge in [0.1, 0.15) is 6.10 Å². The number of hydrogen-bond acceptors (Lipinski definition) is 5. The lowest BCUT2D eigenvalue weighted by Gasteiger charge is -2.36. The topological polar surface area (TPSA) is 61.9 Å². The van der Waals surface area contributed by atoms with Gasteiger partial charge in [-0.15, -0.1) is 0 Å². The molecular formula is C27H27N3O3. The van der Waals surface area contributed by atoms with E-state index in [2.05, 4.69) is 45.4 Å². The van der Waals surface area contributed by atoms with Gasteiger partial charge in [-0.1, -0.05) is 48.5 Å². The van der Waals surface area contributed by atoms with E-state index in [-0.39, 0.29) is 18.3 Å². The summed E-state index contributed by atoms with van der Waals surface area (Å²) in [6.45, 7) is 4.99. The average molecular weight is 442 g/mol. The molecule has 3 aromatic rings. The predicted molar refractivity (Wildman–Crippen MR) is 128 cm³/mol.